The van der Waals surface area contributed by atoms with Gasteiger partial charge in [-0.1, -0.05) is 6.07 Å². The third-order valence-corrected chi connectivity index (χ3v) is 10.8. The molecule has 4 aromatic rings. The van der Waals surface area contributed by atoms with Crippen LogP contribution in [0.3, 0.4) is 0 Å². The summed E-state index contributed by atoms with van der Waals surface area (Å²) in [7, 11) is -2.73. The molecule has 22 heteroatoms. The van der Waals surface area contributed by atoms with E-state index in [1.54, 1.807) is 24.3 Å². The number of nitrogens with one attached hydrogen (secondary N) is 2. The van der Waals surface area contributed by atoms with E-state index < -0.39 is 76.0 Å². The molecule has 0 radical (unpaired) electrons. The molecule has 1 aliphatic heterocycles. The van der Waals surface area contributed by atoms with E-state index in [0.717, 1.165) is 12.1 Å². The lowest BCUT2D eigenvalue weighted by atomic mass is 10.00. The molecular weight excluding hydrogens is 811 g/mol. The molecular formula is C36H36F7N5O9S. The number of hydrogen-bond donors (Lipinski definition) is 4. The number of carboxylic acid groups (broad SMARTS) is 1. The molecule has 1 fully saturated rings. The van der Waals surface area contributed by atoms with E-state index in [2.05, 4.69) is 29.8 Å². The molecule has 5 N–H and O–H groups in total. The van der Waals surface area contributed by atoms with Gasteiger partial charge in [-0.3, -0.25) is 10.1 Å². The number of pyridine rings is 1. The highest BCUT2D eigenvalue weighted by atomic mass is 32.2. The van der Waals surface area contributed by atoms with Gasteiger partial charge < -0.3 is 35.3 Å². The molecule has 1 aliphatic rings. The minimum atomic E-state index is -5.08. The van der Waals surface area contributed by atoms with E-state index in [1.807, 2.05) is 0 Å². The first kappa shape index (κ1) is 44.7. The lowest BCUT2D eigenvalue weighted by Gasteiger charge is -2.32. The van der Waals surface area contributed by atoms with E-state index in [9.17, 15) is 48.7 Å². The Bertz CT molecular complexity index is 2250. The molecule has 1 aromatic heterocycles. The van der Waals surface area contributed by atoms with Crippen LogP contribution in [-0.4, -0.2) is 79.7 Å². The average Bonchev–Trinajstić information content (AvgIpc) is 3.64. The van der Waals surface area contributed by atoms with Crippen LogP contribution in [0.4, 0.5) is 52.7 Å². The van der Waals surface area contributed by atoms with Crippen molar-refractivity contribution in [2.75, 3.05) is 30.0 Å². The molecule has 0 saturated carbocycles. The fraction of sp³-hybridized carbons (Fsp3) is 0.333. The summed E-state index contributed by atoms with van der Waals surface area (Å²) in [6.07, 6.45) is -3.58. The highest BCUT2D eigenvalue weighted by molar-refractivity contribution is 7.92. The number of carboxylic acids is 1. The maximum Gasteiger partial charge on any atom is 0.490 e. The third kappa shape index (κ3) is 10.9. The van der Waals surface area contributed by atoms with Gasteiger partial charge in [-0.2, -0.15) is 30.7 Å². The largest absolute Gasteiger partial charge is 0.490 e. The number of fused-ring (bicyclic) bond motifs is 1. The van der Waals surface area contributed by atoms with Crippen LogP contribution < -0.4 is 25.8 Å². The van der Waals surface area contributed by atoms with Crippen molar-refractivity contribution < 1.29 is 72.9 Å². The number of nitrogens with two attached hydrogens (primary N) is 1. The van der Waals surface area contributed by atoms with Crippen LogP contribution in [0.25, 0.3) is 10.8 Å². The summed E-state index contributed by atoms with van der Waals surface area (Å²) in [6.45, 7) is -3.55. The first-order valence-corrected chi connectivity index (χ1v) is 18.5. The van der Waals surface area contributed by atoms with Gasteiger partial charge in [0, 0.05) is 29.5 Å². The number of halogens is 7. The molecule has 0 bridgehead atoms. The molecule has 2 atom stereocenters. The van der Waals surface area contributed by atoms with Crippen molar-refractivity contribution >= 4 is 55.8 Å². The Morgan fingerprint density at radius 2 is 1.57 bits per heavy atom. The second kappa shape index (κ2) is 18.5. The molecule has 2 amide bonds. The number of methoxy groups -OCH3 is 1. The summed E-state index contributed by atoms with van der Waals surface area (Å²) in [6, 6.07) is 12.0. The fourth-order valence-electron chi connectivity index (χ4n) is 5.92. The quantitative estimate of drug-likeness (QED) is 0.102. The number of carbonyl (C=O) groups excluding carboxylic acids is 2. The first-order valence-electron chi connectivity index (χ1n) is 16.9. The van der Waals surface area contributed by atoms with E-state index in [-0.39, 0.29) is 34.1 Å². The normalized spacial score (nSPS) is 14.8. The van der Waals surface area contributed by atoms with Gasteiger partial charge in [-0.15, -0.1) is 0 Å². The minimum Gasteiger partial charge on any atom is -0.475 e. The number of nitrogens with zero attached hydrogens (tertiary/aromatic N) is 2. The van der Waals surface area contributed by atoms with Crippen LogP contribution >= 0.6 is 0 Å². The summed E-state index contributed by atoms with van der Waals surface area (Å²) in [5.41, 5.74) is 6.93. The van der Waals surface area contributed by atoms with Crippen molar-refractivity contribution in [3.8, 4) is 11.5 Å². The summed E-state index contributed by atoms with van der Waals surface area (Å²) < 4.78 is 126. The summed E-state index contributed by atoms with van der Waals surface area (Å²) >= 11 is 0. The molecule has 14 nitrogen and oxygen atoms in total. The molecule has 58 heavy (non-hydrogen) atoms. The number of amides is 2. The number of anilines is 3. The number of nitrogen functional groups attached to an aromatic ring is 1. The maximum absolute atomic E-state index is 14.7. The predicted octanol–water partition coefficient (Wildman–Crippen LogP) is 7.53. The lowest BCUT2D eigenvalue weighted by Crippen LogP contribution is -2.38. The van der Waals surface area contributed by atoms with Crippen LogP contribution in [0.2, 0.25) is 0 Å². The van der Waals surface area contributed by atoms with E-state index >= 15 is 0 Å². The van der Waals surface area contributed by atoms with Gasteiger partial charge in [-0.25, -0.2) is 23.0 Å². The second-order valence-electron chi connectivity index (χ2n) is 12.6. The van der Waals surface area contributed by atoms with Crippen LogP contribution in [0, 0.1) is 0 Å². The SMILES string of the molecule is COC(=O)Nc1ccc(S(=O)(=O)C(C)C)c([C@H]2CCCN2C(=O)[C@H](Nc2ccc3c(N)nccc3c2)c2ccc(OC(F)F)c(OC(F)F)c2)c1.O=C(O)C(F)(F)F. The van der Waals surface area contributed by atoms with Crippen LogP contribution in [0.1, 0.15) is 49.9 Å². The Balaban J connectivity index is 0.000000973. The monoisotopic (exact) mass is 847 g/mol. The molecule has 5 rings (SSSR count). The Morgan fingerprint density at radius 3 is 2.17 bits per heavy atom. The summed E-state index contributed by atoms with van der Waals surface area (Å²) in [5.74, 6) is -4.49. The summed E-state index contributed by atoms with van der Waals surface area (Å²) in [4.78, 5) is 41.1. The zero-order valence-corrected chi connectivity index (χ0v) is 31.4. The molecule has 0 aliphatic carbocycles. The number of aromatic nitrogens is 1. The fourth-order valence-corrected chi connectivity index (χ4v) is 7.21. The van der Waals surface area contributed by atoms with E-state index in [4.69, 9.17) is 15.6 Å². The smallest absolute Gasteiger partial charge is 0.475 e. The van der Waals surface area contributed by atoms with E-state index in [0.29, 0.717) is 29.3 Å². The van der Waals surface area contributed by atoms with Crippen molar-refractivity contribution in [1.29, 1.82) is 0 Å². The van der Waals surface area contributed by atoms with Crippen molar-refractivity contribution in [3.63, 3.8) is 0 Å². The van der Waals surface area contributed by atoms with E-state index in [1.165, 1.54) is 56.3 Å². The lowest BCUT2D eigenvalue weighted by molar-refractivity contribution is -0.192. The number of benzene rings is 3. The van der Waals surface area contributed by atoms with Crippen LogP contribution in [-0.2, 0) is 24.2 Å². The highest BCUT2D eigenvalue weighted by Gasteiger charge is 2.39. The topological polar surface area (TPSA) is 199 Å². The first-order chi connectivity index (χ1) is 27.1. The Hall–Kier alpha value is -6.06. The maximum atomic E-state index is 14.7. The minimum absolute atomic E-state index is 0.0380. The number of alkyl halides is 7. The molecule has 0 spiro atoms. The van der Waals surface area contributed by atoms with Crippen molar-refractivity contribution in [2.45, 2.75) is 68.3 Å². The molecule has 1 saturated heterocycles. The van der Waals surface area contributed by atoms with Crippen LogP contribution in [0.15, 0.2) is 71.8 Å². The molecule has 0 unspecified atom stereocenters. The van der Waals surface area contributed by atoms with Gasteiger partial charge in [0.05, 0.1) is 23.3 Å². The van der Waals surface area contributed by atoms with Gasteiger partial charge in [0.25, 0.3) is 0 Å². The van der Waals surface area contributed by atoms with Crippen molar-refractivity contribution in [3.05, 3.63) is 78.0 Å². The number of aliphatic carboxylic acids is 1. The number of hydrogen-bond acceptors (Lipinski definition) is 11. The van der Waals surface area contributed by atoms with Crippen molar-refractivity contribution in [1.82, 2.24) is 9.88 Å². The second-order valence-corrected chi connectivity index (χ2v) is 15.1. The Morgan fingerprint density at radius 1 is 0.931 bits per heavy atom. The summed E-state index contributed by atoms with van der Waals surface area (Å²) in [5, 5.41) is 13.2. The van der Waals surface area contributed by atoms with Gasteiger partial charge in [-0.05, 0) is 97.8 Å². The number of carbonyl (C=O) groups is 3. The van der Waals surface area contributed by atoms with Gasteiger partial charge >= 0.3 is 31.5 Å². The zero-order valence-electron chi connectivity index (χ0n) is 30.6. The van der Waals surface area contributed by atoms with Crippen LogP contribution in [0.5, 0.6) is 11.5 Å². The number of likely N-dealkylation sites (tertiary alicyclic amines) is 1. The predicted molar refractivity (Wildman–Crippen MR) is 194 cm³/mol. The standard InChI is InChI=1S/C34H35F4N5O7S.C2HF3O2/c1-18(2)51(46,47)28-11-8-22(42-34(45)48-3)17-24(28)25-5-4-14-43(25)31(44)29(41-21-7-9-23-19(15-21)12-13-40-30(23)39)20-6-10-26(49-32(35)36)27(16-20)50-33(37)38;3-2(4,5)1(6)7/h6-13,15-18,25,29,32-33,41H,4-5,14H2,1-3H3,(H2,39,40)(H,42,45);(H,6,7)/t25-,29-;/m1./s1. The number of ether oxygens (including phenoxy) is 3. The zero-order chi connectivity index (χ0) is 43.1. The molecule has 3 aromatic carbocycles. The third-order valence-electron chi connectivity index (χ3n) is 8.59. The van der Waals surface area contributed by atoms with Crippen molar-refractivity contribution in [2.24, 2.45) is 0 Å². The van der Waals surface area contributed by atoms with Gasteiger partial charge in [0.15, 0.2) is 21.3 Å². The van der Waals surface area contributed by atoms with Gasteiger partial charge in [0.1, 0.15) is 11.9 Å². The number of sulfone groups is 1. The highest BCUT2D eigenvalue weighted by Crippen LogP contribution is 2.41. The molecule has 314 valence electrons. The number of rotatable bonds is 12. The Kier molecular flexibility index (Phi) is 14.2. The Labute approximate surface area is 326 Å². The molecule has 2 heterocycles. The van der Waals surface area contributed by atoms with Gasteiger partial charge in [0.2, 0.25) is 5.91 Å². The average molecular weight is 848 g/mol.